The molecule has 1 saturated heterocycles. The Bertz CT molecular complexity index is 911. The molecule has 0 unspecified atom stereocenters. The number of methoxy groups -OCH3 is 1. The van der Waals surface area contributed by atoms with Gasteiger partial charge in [0.1, 0.15) is 12.4 Å². The molecule has 0 aliphatic carbocycles. The highest BCUT2D eigenvalue weighted by atomic mass is 16.5. The fraction of sp³-hybridized carbons (Fsp3) is 0.421. The van der Waals surface area contributed by atoms with Gasteiger partial charge in [-0.25, -0.2) is 9.97 Å². The molecule has 0 spiro atoms. The summed E-state index contributed by atoms with van der Waals surface area (Å²) in [6.07, 6.45) is 4.36. The molecule has 4 rings (SSSR count). The van der Waals surface area contributed by atoms with Crippen LogP contribution >= 0.6 is 0 Å². The first-order valence-electron chi connectivity index (χ1n) is 9.11. The van der Waals surface area contributed by atoms with Gasteiger partial charge in [0.2, 0.25) is 11.7 Å². The number of anilines is 1. The zero-order chi connectivity index (χ0) is 19.3. The fourth-order valence-electron chi connectivity index (χ4n) is 3.09. The van der Waals surface area contributed by atoms with Crippen molar-refractivity contribution in [1.29, 1.82) is 0 Å². The Morgan fingerprint density at radius 2 is 2.07 bits per heavy atom. The number of rotatable bonds is 7. The average Bonchev–Trinajstić information content (AvgIpc) is 3.41. The summed E-state index contributed by atoms with van der Waals surface area (Å²) in [5.74, 6) is 2.76. The van der Waals surface area contributed by atoms with Crippen LogP contribution in [-0.2, 0) is 22.6 Å². The molecule has 1 aliphatic heterocycles. The Morgan fingerprint density at radius 1 is 1.21 bits per heavy atom. The molecule has 0 bridgehead atoms. The minimum atomic E-state index is 0.285. The van der Waals surface area contributed by atoms with E-state index in [1.54, 1.807) is 19.5 Å². The predicted octanol–water partition coefficient (Wildman–Crippen LogP) is 2.21. The molecule has 0 radical (unpaired) electrons. The average molecular weight is 382 g/mol. The molecule has 0 aromatic carbocycles. The summed E-state index contributed by atoms with van der Waals surface area (Å²) in [5, 5.41) is 4.05. The van der Waals surface area contributed by atoms with Crippen molar-refractivity contribution in [3.8, 4) is 11.4 Å². The van der Waals surface area contributed by atoms with Crippen molar-refractivity contribution in [3.63, 3.8) is 0 Å². The summed E-state index contributed by atoms with van der Waals surface area (Å²) in [7, 11) is 3.57. The van der Waals surface area contributed by atoms with Crippen LogP contribution in [-0.4, -0.2) is 52.5 Å². The van der Waals surface area contributed by atoms with Gasteiger partial charge in [-0.1, -0.05) is 5.16 Å². The topological polar surface area (TPSA) is 99.3 Å². The zero-order valence-electron chi connectivity index (χ0n) is 15.9. The van der Waals surface area contributed by atoms with E-state index in [2.05, 4.69) is 25.1 Å². The lowest BCUT2D eigenvalue weighted by Crippen LogP contribution is -2.20. The molecule has 1 atom stereocenters. The van der Waals surface area contributed by atoms with Gasteiger partial charge in [-0.3, -0.25) is 4.98 Å². The summed E-state index contributed by atoms with van der Waals surface area (Å²) in [5.41, 5.74) is 1.84. The van der Waals surface area contributed by atoms with Gasteiger partial charge in [-0.15, -0.1) is 0 Å². The normalized spacial score (nSPS) is 16.4. The summed E-state index contributed by atoms with van der Waals surface area (Å²) < 4.78 is 16.1. The van der Waals surface area contributed by atoms with Crippen LogP contribution < -0.4 is 4.90 Å². The van der Waals surface area contributed by atoms with Gasteiger partial charge >= 0.3 is 0 Å². The summed E-state index contributed by atoms with van der Waals surface area (Å²) in [6.45, 7) is 2.24. The lowest BCUT2D eigenvalue weighted by atomic mass is 10.0. The molecule has 28 heavy (non-hydrogen) atoms. The van der Waals surface area contributed by atoms with Gasteiger partial charge < -0.3 is 18.9 Å². The van der Waals surface area contributed by atoms with Crippen LogP contribution in [0.3, 0.4) is 0 Å². The number of aromatic nitrogens is 5. The lowest BCUT2D eigenvalue weighted by Gasteiger charge is -2.19. The molecule has 4 heterocycles. The minimum absolute atomic E-state index is 0.285. The van der Waals surface area contributed by atoms with Crippen molar-refractivity contribution < 1.29 is 14.0 Å². The van der Waals surface area contributed by atoms with Crippen LogP contribution in [0, 0.1) is 0 Å². The van der Waals surface area contributed by atoms with Crippen LogP contribution in [0.5, 0.6) is 0 Å². The third kappa shape index (κ3) is 4.15. The van der Waals surface area contributed by atoms with Gasteiger partial charge in [-0.2, -0.15) is 4.98 Å². The zero-order valence-corrected chi connectivity index (χ0v) is 15.9. The highest BCUT2D eigenvalue weighted by molar-refractivity contribution is 5.52. The van der Waals surface area contributed by atoms with Gasteiger partial charge in [0.05, 0.1) is 18.8 Å². The maximum atomic E-state index is 5.51. The molecule has 1 fully saturated rings. The van der Waals surface area contributed by atoms with E-state index in [0.717, 1.165) is 30.1 Å². The molecule has 0 amide bonds. The second-order valence-corrected chi connectivity index (χ2v) is 6.66. The Morgan fingerprint density at radius 3 is 2.82 bits per heavy atom. The summed E-state index contributed by atoms with van der Waals surface area (Å²) in [6, 6.07) is 5.68. The molecular formula is C19H22N6O3. The van der Waals surface area contributed by atoms with E-state index in [-0.39, 0.29) is 5.92 Å². The van der Waals surface area contributed by atoms with Gasteiger partial charge in [-0.05, 0) is 18.6 Å². The van der Waals surface area contributed by atoms with E-state index in [0.29, 0.717) is 37.3 Å². The summed E-state index contributed by atoms with van der Waals surface area (Å²) >= 11 is 0. The van der Waals surface area contributed by atoms with Crippen molar-refractivity contribution in [2.45, 2.75) is 25.5 Å². The molecule has 1 aliphatic rings. The van der Waals surface area contributed by atoms with Gasteiger partial charge in [0.15, 0.2) is 5.82 Å². The van der Waals surface area contributed by atoms with Crippen LogP contribution in [0.25, 0.3) is 11.4 Å². The van der Waals surface area contributed by atoms with E-state index in [1.807, 2.05) is 30.1 Å². The predicted molar refractivity (Wildman–Crippen MR) is 101 cm³/mol. The van der Waals surface area contributed by atoms with Crippen molar-refractivity contribution in [3.05, 3.63) is 48.0 Å². The standard InChI is InChI=1S/C19H22N6O3/c1-25(10-18-23-19(24-28-18)13-3-6-20-7-4-13)17-9-15(14-5-8-27-11-14)21-16(22-17)12-26-2/h3-4,6-7,9,14H,5,8,10-12H2,1-2H3/t14-/m0/s1. The highest BCUT2D eigenvalue weighted by Crippen LogP contribution is 2.26. The molecule has 3 aromatic heterocycles. The van der Waals surface area contributed by atoms with E-state index in [4.69, 9.17) is 14.0 Å². The third-order valence-corrected chi connectivity index (χ3v) is 4.57. The van der Waals surface area contributed by atoms with Crippen molar-refractivity contribution >= 4 is 5.82 Å². The van der Waals surface area contributed by atoms with Crippen LogP contribution in [0.1, 0.15) is 29.7 Å². The minimum Gasteiger partial charge on any atom is -0.381 e. The van der Waals surface area contributed by atoms with Crippen LogP contribution in [0.15, 0.2) is 35.1 Å². The van der Waals surface area contributed by atoms with Crippen molar-refractivity contribution in [2.75, 3.05) is 32.3 Å². The second kappa shape index (κ2) is 8.41. The quantitative estimate of drug-likeness (QED) is 0.609. The lowest BCUT2D eigenvalue weighted by molar-refractivity contribution is 0.177. The number of hydrogen-bond donors (Lipinski definition) is 0. The van der Waals surface area contributed by atoms with E-state index in [1.165, 1.54) is 0 Å². The Balaban J connectivity index is 1.54. The number of ether oxygens (including phenoxy) is 2. The maximum absolute atomic E-state index is 5.51. The first kappa shape index (κ1) is 18.5. The Labute approximate surface area is 162 Å². The fourth-order valence-corrected chi connectivity index (χ4v) is 3.09. The molecule has 9 nitrogen and oxygen atoms in total. The monoisotopic (exact) mass is 382 g/mol. The SMILES string of the molecule is COCc1nc([C@H]2CCOC2)cc(N(C)Cc2nc(-c3ccncc3)no2)n1. The van der Waals surface area contributed by atoms with Crippen LogP contribution in [0.2, 0.25) is 0 Å². The number of pyridine rings is 1. The van der Waals surface area contributed by atoms with E-state index < -0.39 is 0 Å². The maximum Gasteiger partial charge on any atom is 0.246 e. The first-order valence-corrected chi connectivity index (χ1v) is 9.11. The highest BCUT2D eigenvalue weighted by Gasteiger charge is 2.22. The third-order valence-electron chi connectivity index (χ3n) is 4.57. The smallest absolute Gasteiger partial charge is 0.246 e. The van der Waals surface area contributed by atoms with Crippen LogP contribution in [0.4, 0.5) is 5.82 Å². The van der Waals surface area contributed by atoms with Gasteiger partial charge in [0.25, 0.3) is 0 Å². The molecule has 0 saturated carbocycles. The Kier molecular flexibility index (Phi) is 5.54. The van der Waals surface area contributed by atoms with Gasteiger partial charge in [0, 0.05) is 50.7 Å². The molecule has 0 N–H and O–H groups in total. The number of nitrogens with zero attached hydrogens (tertiary/aromatic N) is 6. The molecule has 9 heteroatoms. The second-order valence-electron chi connectivity index (χ2n) is 6.66. The van der Waals surface area contributed by atoms with Crippen molar-refractivity contribution in [2.24, 2.45) is 0 Å². The molecule has 146 valence electrons. The Hall–Kier alpha value is -2.91. The van der Waals surface area contributed by atoms with E-state index >= 15 is 0 Å². The van der Waals surface area contributed by atoms with Crippen molar-refractivity contribution in [1.82, 2.24) is 25.1 Å². The largest absolute Gasteiger partial charge is 0.381 e. The summed E-state index contributed by atoms with van der Waals surface area (Å²) in [4.78, 5) is 19.7. The number of hydrogen-bond acceptors (Lipinski definition) is 9. The first-order chi connectivity index (χ1) is 13.7. The molecule has 3 aromatic rings. The molecular weight excluding hydrogens is 360 g/mol. The van der Waals surface area contributed by atoms with E-state index in [9.17, 15) is 0 Å².